The average Bonchev–Trinajstić information content (AvgIpc) is 2.94. The largest absolute Gasteiger partial charge is 0.299 e. The summed E-state index contributed by atoms with van der Waals surface area (Å²) in [5, 5.41) is 0. The molecular weight excluding hydrogens is 208 g/mol. The third kappa shape index (κ3) is 2.15. The van der Waals surface area contributed by atoms with Crippen LogP contribution in [-0.2, 0) is 11.2 Å². The molecule has 1 heteroatoms. The Morgan fingerprint density at radius 3 is 2.53 bits per heavy atom. The van der Waals surface area contributed by atoms with E-state index in [9.17, 15) is 4.79 Å². The van der Waals surface area contributed by atoms with Gasteiger partial charge in [-0.05, 0) is 43.6 Å². The van der Waals surface area contributed by atoms with E-state index in [4.69, 9.17) is 0 Å². The number of hydrogen-bond acceptors (Lipinski definition) is 1. The van der Waals surface area contributed by atoms with Crippen LogP contribution < -0.4 is 0 Å². The summed E-state index contributed by atoms with van der Waals surface area (Å²) in [4.78, 5) is 12.3. The number of Topliss-reactive ketones (excluding diaryl/α,β-unsaturated/α-hetero) is 1. The maximum Gasteiger partial charge on any atom is 0.140 e. The van der Waals surface area contributed by atoms with Gasteiger partial charge in [0, 0.05) is 12.3 Å². The Morgan fingerprint density at radius 2 is 1.94 bits per heavy atom. The number of fused-ring (bicyclic) bond motifs is 2. The zero-order chi connectivity index (χ0) is 11.8. The normalized spacial score (nSPS) is 30.8. The fourth-order valence-electron chi connectivity index (χ4n) is 3.68. The predicted octanol–water partition coefficient (Wildman–Crippen LogP) is 3.54. The Balaban J connectivity index is 1.65. The molecule has 0 aromatic heterocycles. The van der Waals surface area contributed by atoms with Crippen molar-refractivity contribution in [3.05, 3.63) is 35.4 Å². The van der Waals surface area contributed by atoms with Crippen LogP contribution in [0.3, 0.4) is 0 Å². The van der Waals surface area contributed by atoms with Gasteiger partial charge in [0.05, 0.1) is 0 Å². The van der Waals surface area contributed by atoms with Crippen LogP contribution in [0.25, 0.3) is 0 Å². The van der Waals surface area contributed by atoms with Gasteiger partial charge in [0.25, 0.3) is 0 Å². The van der Waals surface area contributed by atoms with Gasteiger partial charge >= 0.3 is 0 Å². The van der Waals surface area contributed by atoms with Crippen molar-refractivity contribution >= 4 is 5.78 Å². The Hall–Kier alpha value is -1.11. The van der Waals surface area contributed by atoms with E-state index in [0.717, 1.165) is 11.8 Å². The third-order valence-corrected chi connectivity index (χ3v) is 4.65. The second-order valence-electron chi connectivity index (χ2n) is 5.91. The first-order chi connectivity index (χ1) is 8.22. The van der Waals surface area contributed by atoms with Crippen molar-refractivity contribution in [2.24, 2.45) is 17.8 Å². The van der Waals surface area contributed by atoms with Crippen molar-refractivity contribution in [3.8, 4) is 0 Å². The molecule has 90 valence electrons. The van der Waals surface area contributed by atoms with Gasteiger partial charge in [-0.15, -0.1) is 0 Å². The molecule has 3 rings (SSSR count). The van der Waals surface area contributed by atoms with Gasteiger partial charge in [0.1, 0.15) is 5.78 Å². The standard InChI is InChI=1S/C16H20O/c1-11-2-4-12(5-3-11)10-16(17)15-9-13-6-7-14(15)8-13/h2-5,13-15H,6-10H2,1H3. The van der Waals surface area contributed by atoms with Crippen LogP contribution >= 0.6 is 0 Å². The molecule has 0 heterocycles. The van der Waals surface area contributed by atoms with Crippen molar-refractivity contribution in [1.29, 1.82) is 0 Å². The van der Waals surface area contributed by atoms with E-state index in [0.29, 0.717) is 18.1 Å². The highest BCUT2D eigenvalue weighted by Gasteiger charge is 2.42. The Morgan fingerprint density at radius 1 is 1.18 bits per heavy atom. The molecule has 2 fully saturated rings. The zero-order valence-electron chi connectivity index (χ0n) is 10.5. The summed E-state index contributed by atoms with van der Waals surface area (Å²) in [5.41, 5.74) is 2.45. The lowest BCUT2D eigenvalue weighted by Gasteiger charge is -2.20. The molecule has 0 spiro atoms. The van der Waals surface area contributed by atoms with Gasteiger partial charge in [-0.2, -0.15) is 0 Å². The number of rotatable bonds is 3. The minimum atomic E-state index is 0.384. The van der Waals surface area contributed by atoms with Gasteiger partial charge in [0.2, 0.25) is 0 Å². The van der Waals surface area contributed by atoms with Crippen LogP contribution in [0.1, 0.15) is 36.8 Å². The number of ketones is 1. The maximum absolute atomic E-state index is 12.3. The molecule has 2 saturated carbocycles. The number of carbonyl (C=O) groups is 1. The van der Waals surface area contributed by atoms with E-state index >= 15 is 0 Å². The van der Waals surface area contributed by atoms with Crippen molar-refractivity contribution in [3.63, 3.8) is 0 Å². The highest BCUT2D eigenvalue weighted by Crippen LogP contribution is 2.48. The Bertz CT molecular complexity index is 418. The number of aryl methyl sites for hydroxylation is 1. The first kappa shape index (κ1) is 11.0. The summed E-state index contributed by atoms with van der Waals surface area (Å²) in [6.07, 6.45) is 5.82. The van der Waals surface area contributed by atoms with Crippen molar-refractivity contribution in [2.45, 2.75) is 39.0 Å². The molecule has 1 aromatic carbocycles. The molecule has 0 N–H and O–H groups in total. The second kappa shape index (κ2) is 4.29. The van der Waals surface area contributed by atoms with Crippen LogP contribution in [0.4, 0.5) is 0 Å². The number of benzene rings is 1. The quantitative estimate of drug-likeness (QED) is 0.773. The van der Waals surface area contributed by atoms with E-state index in [-0.39, 0.29) is 0 Å². The minimum Gasteiger partial charge on any atom is -0.299 e. The fourth-order valence-corrected chi connectivity index (χ4v) is 3.68. The number of hydrogen-bond donors (Lipinski definition) is 0. The first-order valence-corrected chi connectivity index (χ1v) is 6.80. The van der Waals surface area contributed by atoms with E-state index in [1.54, 1.807) is 0 Å². The number of carbonyl (C=O) groups excluding carboxylic acids is 1. The molecule has 2 bridgehead atoms. The molecule has 0 amide bonds. The highest BCUT2D eigenvalue weighted by molar-refractivity contribution is 5.84. The first-order valence-electron chi connectivity index (χ1n) is 6.80. The lowest BCUT2D eigenvalue weighted by atomic mass is 9.83. The molecule has 0 radical (unpaired) electrons. The summed E-state index contributed by atoms with van der Waals surface area (Å²) < 4.78 is 0. The monoisotopic (exact) mass is 228 g/mol. The SMILES string of the molecule is Cc1ccc(CC(=O)C2CC3CCC2C3)cc1. The van der Waals surface area contributed by atoms with Crippen LogP contribution in [0.15, 0.2) is 24.3 Å². The molecule has 2 aliphatic carbocycles. The van der Waals surface area contributed by atoms with Gasteiger partial charge < -0.3 is 0 Å². The van der Waals surface area contributed by atoms with E-state index in [2.05, 4.69) is 31.2 Å². The molecule has 2 aliphatic rings. The Labute approximate surface area is 103 Å². The summed E-state index contributed by atoms with van der Waals surface area (Å²) >= 11 is 0. The van der Waals surface area contributed by atoms with Crippen molar-refractivity contribution < 1.29 is 4.79 Å². The van der Waals surface area contributed by atoms with Crippen molar-refractivity contribution in [1.82, 2.24) is 0 Å². The van der Waals surface area contributed by atoms with Crippen LogP contribution in [0.5, 0.6) is 0 Å². The lowest BCUT2D eigenvalue weighted by molar-refractivity contribution is -0.123. The molecule has 17 heavy (non-hydrogen) atoms. The summed E-state index contributed by atoms with van der Waals surface area (Å²) in [7, 11) is 0. The van der Waals surface area contributed by atoms with Gasteiger partial charge in [0.15, 0.2) is 0 Å². The van der Waals surface area contributed by atoms with Gasteiger partial charge in [-0.1, -0.05) is 36.2 Å². The van der Waals surface area contributed by atoms with Gasteiger partial charge in [-0.3, -0.25) is 4.79 Å². The summed E-state index contributed by atoms with van der Waals surface area (Å²) in [5.74, 6) is 2.46. The minimum absolute atomic E-state index is 0.384. The molecule has 1 nitrogen and oxygen atoms in total. The van der Waals surface area contributed by atoms with E-state index < -0.39 is 0 Å². The third-order valence-electron chi connectivity index (χ3n) is 4.65. The van der Waals surface area contributed by atoms with Crippen molar-refractivity contribution in [2.75, 3.05) is 0 Å². The Kier molecular flexibility index (Phi) is 2.78. The highest BCUT2D eigenvalue weighted by atomic mass is 16.1. The van der Waals surface area contributed by atoms with E-state index in [1.807, 2.05) is 0 Å². The van der Waals surface area contributed by atoms with Gasteiger partial charge in [-0.25, -0.2) is 0 Å². The molecule has 1 aromatic rings. The lowest BCUT2D eigenvalue weighted by Crippen LogP contribution is -2.22. The van der Waals surface area contributed by atoms with Crippen LogP contribution in [0, 0.1) is 24.7 Å². The molecule has 3 unspecified atom stereocenters. The predicted molar refractivity (Wildman–Crippen MR) is 68.8 cm³/mol. The molecule has 3 atom stereocenters. The topological polar surface area (TPSA) is 17.1 Å². The average molecular weight is 228 g/mol. The van der Waals surface area contributed by atoms with Crippen LogP contribution in [-0.4, -0.2) is 5.78 Å². The summed E-state index contributed by atoms with van der Waals surface area (Å²) in [6.45, 7) is 2.08. The molecular formula is C16H20O. The molecule has 0 aliphatic heterocycles. The fraction of sp³-hybridized carbons (Fsp3) is 0.562. The van der Waals surface area contributed by atoms with E-state index in [1.165, 1.54) is 36.8 Å². The zero-order valence-corrected chi connectivity index (χ0v) is 10.5. The molecule has 0 saturated heterocycles. The van der Waals surface area contributed by atoms with Crippen LogP contribution in [0.2, 0.25) is 0 Å². The summed E-state index contributed by atoms with van der Waals surface area (Å²) in [6, 6.07) is 8.40. The smallest absolute Gasteiger partial charge is 0.140 e. The second-order valence-corrected chi connectivity index (χ2v) is 5.91. The maximum atomic E-state index is 12.3.